The Morgan fingerprint density at radius 1 is 1.12 bits per heavy atom. The number of hydrogen-bond donors (Lipinski definition) is 2. The van der Waals surface area contributed by atoms with E-state index in [1.807, 2.05) is 13.8 Å². The van der Waals surface area contributed by atoms with Gasteiger partial charge in [-0.2, -0.15) is 0 Å². The van der Waals surface area contributed by atoms with E-state index >= 15 is 0 Å². The third-order valence-electron chi connectivity index (χ3n) is 6.33. The zero-order valence-electron chi connectivity index (χ0n) is 21.6. The number of esters is 1. The Hall–Kier alpha value is -2.44. The molecule has 0 bridgehead atoms. The second kappa shape index (κ2) is 10.4. The highest BCUT2D eigenvalue weighted by atomic mass is 19.1. The summed E-state index contributed by atoms with van der Waals surface area (Å²) >= 11 is 0. The molecule has 0 atom stereocenters. The molecule has 0 aliphatic carbocycles. The fourth-order valence-electron chi connectivity index (χ4n) is 4.85. The van der Waals surface area contributed by atoms with Gasteiger partial charge in [-0.3, -0.25) is 4.79 Å². The second-order valence-electron chi connectivity index (χ2n) is 10.1. The van der Waals surface area contributed by atoms with Crippen LogP contribution >= 0.6 is 0 Å². The van der Waals surface area contributed by atoms with Crippen molar-refractivity contribution in [3.63, 3.8) is 0 Å². The van der Waals surface area contributed by atoms with Gasteiger partial charge in [0.2, 0.25) is 0 Å². The summed E-state index contributed by atoms with van der Waals surface area (Å²) in [5.74, 6) is -0.179. The molecule has 0 amide bonds. The highest BCUT2D eigenvalue weighted by molar-refractivity contribution is 5.84. The van der Waals surface area contributed by atoms with Crippen molar-refractivity contribution in [2.75, 3.05) is 13.2 Å². The summed E-state index contributed by atoms with van der Waals surface area (Å²) in [5.41, 5.74) is 9.01. The Kier molecular flexibility index (Phi) is 8.04. The Balaban J connectivity index is 0.000000588. The van der Waals surface area contributed by atoms with Gasteiger partial charge < -0.3 is 19.9 Å². The summed E-state index contributed by atoms with van der Waals surface area (Å²) in [6.07, 6.45) is 1.89. The smallest absolute Gasteiger partial charge is 0.310 e. The third-order valence-corrected chi connectivity index (χ3v) is 6.33. The van der Waals surface area contributed by atoms with Gasteiger partial charge >= 0.3 is 5.97 Å². The average molecular weight is 472 g/mol. The zero-order chi connectivity index (χ0) is 25.2. The second-order valence-corrected chi connectivity index (χ2v) is 10.1. The monoisotopic (exact) mass is 471 g/mol. The van der Waals surface area contributed by atoms with Gasteiger partial charge in [-0.25, -0.2) is 4.39 Å². The van der Waals surface area contributed by atoms with Gasteiger partial charge in [-0.15, -0.1) is 0 Å². The molecule has 2 aromatic rings. The van der Waals surface area contributed by atoms with Crippen molar-refractivity contribution in [3.8, 4) is 16.9 Å². The number of rotatable bonds is 4. The Morgan fingerprint density at radius 3 is 2.35 bits per heavy atom. The first-order valence-electron chi connectivity index (χ1n) is 12.1. The lowest BCUT2D eigenvalue weighted by atomic mass is 9.81. The molecule has 0 saturated carbocycles. The van der Waals surface area contributed by atoms with Crippen molar-refractivity contribution in [1.82, 2.24) is 5.32 Å². The maximum Gasteiger partial charge on any atom is 0.310 e. The van der Waals surface area contributed by atoms with Crippen LogP contribution in [0.5, 0.6) is 5.75 Å². The molecule has 0 fully saturated rings. The predicted octanol–water partition coefficient (Wildman–Crippen LogP) is 5.23. The van der Waals surface area contributed by atoms with Gasteiger partial charge in [0.25, 0.3) is 0 Å². The molecule has 0 saturated heterocycles. The van der Waals surface area contributed by atoms with Gasteiger partial charge in [0, 0.05) is 18.7 Å². The molecular weight excluding hydrogens is 433 g/mol. The lowest BCUT2D eigenvalue weighted by Gasteiger charge is -2.25. The molecule has 0 aromatic heterocycles. The van der Waals surface area contributed by atoms with Crippen molar-refractivity contribution in [2.45, 2.75) is 86.4 Å². The number of ether oxygens (including phenoxy) is 2. The molecule has 2 aliphatic rings. The van der Waals surface area contributed by atoms with Crippen LogP contribution in [0.4, 0.5) is 4.39 Å². The van der Waals surface area contributed by atoms with Crippen molar-refractivity contribution < 1.29 is 23.8 Å². The van der Waals surface area contributed by atoms with Crippen LogP contribution in [-0.4, -0.2) is 29.9 Å². The van der Waals surface area contributed by atoms with Crippen LogP contribution < -0.4 is 10.1 Å². The molecule has 2 aromatic carbocycles. The first-order valence-corrected chi connectivity index (χ1v) is 12.1. The van der Waals surface area contributed by atoms with E-state index in [9.17, 15) is 9.18 Å². The molecule has 2 aliphatic heterocycles. The highest BCUT2D eigenvalue weighted by Crippen LogP contribution is 2.43. The van der Waals surface area contributed by atoms with Crippen LogP contribution in [0, 0.1) is 26.6 Å². The van der Waals surface area contributed by atoms with E-state index in [1.54, 1.807) is 26.8 Å². The molecule has 2 heterocycles. The van der Waals surface area contributed by atoms with E-state index in [2.05, 4.69) is 19.2 Å². The van der Waals surface area contributed by atoms with Gasteiger partial charge in [0.1, 0.15) is 0 Å². The van der Waals surface area contributed by atoms with Gasteiger partial charge in [-0.1, -0.05) is 0 Å². The normalized spacial score (nSPS) is 14.5. The summed E-state index contributed by atoms with van der Waals surface area (Å²) in [4.78, 5) is 12.4. The summed E-state index contributed by atoms with van der Waals surface area (Å²) in [7, 11) is 0. The SMILES string of the molecule is CC(C)(C)O.CCOC(=O)Cc1c(C)c2c(c(C)c1-c1cc(F)c3c(c1C)CCCO3)CNC2. The largest absolute Gasteiger partial charge is 0.490 e. The molecule has 4 rings (SSSR count). The number of benzene rings is 2. The standard InChI is InChI=1S/C24H28FNO3.C4H10O/c1-5-28-22(27)10-18-14(3)19-11-26-12-20(19)15(4)23(18)17-9-21(25)24-16(13(17)2)7-6-8-29-24;1-4(2,3)5/h9,26H,5-8,10-12H2,1-4H3;5H,1-3H3. The van der Waals surface area contributed by atoms with E-state index in [1.165, 1.54) is 11.1 Å². The van der Waals surface area contributed by atoms with Crippen LogP contribution in [0.1, 0.15) is 73.1 Å². The van der Waals surface area contributed by atoms with Crippen molar-refractivity contribution in [2.24, 2.45) is 0 Å². The zero-order valence-corrected chi connectivity index (χ0v) is 21.6. The number of fused-ring (bicyclic) bond motifs is 2. The van der Waals surface area contributed by atoms with E-state index < -0.39 is 5.60 Å². The summed E-state index contributed by atoms with van der Waals surface area (Å²) < 4.78 is 25.9. The Labute approximate surface area is 202 Å². The Morgan fingerprint density at radius 2 is 1.74 bits per heavy atom. The topological polar surface area (TPSA) is 67.8 Å². The van der Waals surface area contributed by atoms with Crippen molar-refractivity contribution in [1.29, 1.82) is 0 Å². The van der Waals surface area contributed by atoms with E-state index in [0.29, 0.717) is 19.0 Å². The van der Waals surface area contributed by atoms with Crippen molar-refractivity contribution in [3.05, 3.63) is 50.8 Å². The number of hydrogen-bond acceptors (Lipinski definition) is 5. The summed E-state index contributed by atoms with van der Waals surface area (Å²) in [6, 6.07) is 1.59. The molecule has 0 radical (unpaired) electrons. The maximum absolute atomic E-state index is 15.0. The van der Waals surface area contributed by atoms with Crippen LogP contribution in [0.15, 0.2) is 6.07 Å². The number of carbonyl (C=O) groups is 1. The van der Waals surface area contributed by atoms with Crippen LogP contribution in [-0.2, 0) is 35.5 Å². The molecule has 0 unspecified atom stereocenters. The van der Waals surface area contributed by atoms with E-state index in [4.69, 9.17) is 14.6 Å². The van der Waals surface area contributed by atoms with Crippen LogP contribution in [0.2, 0.25) is 0 Å². The average Bonchev–Trinajstić information content (AvgIpc) is 3.25. The third kappa shape index (κ3) is 5.61. The maximum atomic E-state index is 15.0. The Bertz CT molecular complexity index is 1080. The van der Waals surface area contributed by atoms with Crippen molar-refractivity contribution >= 4 is 5.97 Å². The molecule has 5 nitrogen and oxygen atoms in total. The minimum atomic E-state index is -0.500. The lowest BCUT2D eigenvalue weighted by molar-refractivity contribution is -0.142. The minimum absolute atomic E-state index is 0.192. The number of carbonyl (C=O) groups excluding carboxylic acids is 1. The molecule has 0 spiro atoms. The van der Waals surface area contributed by atoms with E-state index in [-0.39, 0.29) is 18.2 Å². The summed E-state index contributed by atoms with van der Waals surface area (Å²) in [5, 5.41) is 11.9. The van der Waals surface area contributed by atoms with Gasteiger partial charge in [-0.05, 0) is 112 Å². The number of halogens is 1. The molecule has 2 N–H and O–H groups in total. The van der Waals surface area contributed by atoms with Crippen LogP contribution in [0.3, 0.4) is 0 Å². The van der Waals surface area contributed by atoms with Crippen LogP contribution in [0.25, 0.3) is 11.1 Å². The molecule has 6 heteroatoms. The van der Waals surface area contributed by atoms with Gasteiger partial charge in [0.05, 0.1) is 25.2 Å². The molecular formula is C28H38FNO4. The highest BCUT2D eigenvalue weighted by Gasteiger charge is 2.28. The number of aliphatic hydroxyl groups is 1. The first kappa shape index (κ1) is 26.2. The van der Waals surface area contributed by atoms with Gasteiger partial charge in [0.15, 0.2) is 11.6 Å². The van der Waals surface area contributed by atoms with E-state index in [0.717, 1.165) is 64.9 Å². The lowest BCUT2D eigenvalue weighted by Crippen LogP contribution is -2.15. The number of nitrogens with one attached hydrogen (secondary N) is 1. The summed E-state index contributed by atoms with van der Waals surface area (Å²) in [6.45, 7) is 15.7. The molecule has 186 valence electrons. The first-order chi connectivity index (χ1) is 15.9. The fraction of sp³-hybridized carbons (Fsp3) is 0.536. The predicted molar refractivity (Wildman–Crippen MR) is 133 cm³/mol. The quantitative estimate of drug-likeness (QED) is 0.598. The fourth-order valence-corrected chi connectivity index (χ4v) is 4.85. The minimum Gasteiger partial charge on any atom is -0.490 e. The molecule has 34 heavy (non-hydrogen) atoms.